The summed E-state index contributed by atoms with van der Waals surface area (Å²) in [6.07, 6.45) is 3.64. The maximum atomic E-state index is 10.8. The van der Waals surface area contributed by atoms with Gasteiger partial charge in [0.1, 0.15) is 9.35 Å². The van der Waals surface area contributed by atoms with E-state index in [-0.39, 0.29) is 5.91 Å². The lowest BCUT2D eigenvalue weighted by Gasteiger charge is -2.02. The Balaban J connectivity index is 2.49. The molecule has 4 nitrogen and oxygen atoms in total. The van der Waals surface area contributed by atoms with E-state index in [1.54, 1.807) is 6.20 Å². The third kappa shape index (κ3) is 1.72. The first-order valence-corrected chi connectivity index (χ1v) is 5.15. The van der Waals surface area contributed by atoms with Gasteiger partial charge >= 0.3 is 0 Å². The number of fused-ring (bicyclic) bond motifs is 1. The molecule has 0 aliphatic carbocycles. The minimum atomic E-state index is -0.0699. The van der Waals surface area contributed by atoms with Crippen LogP contribution in [0.1, 0.15) is 6.92 Å². The summed E-state index contributed by atoms with van der Waals surface area (Å²) >= 11 is 2.19. The summed E-state index contributed by atoms with van der Waals surface area (Å²) in [5.74, 6) is -0.0699. The van der Waals surface area contributed by atoms with Gasteiger partial charge in [-0.25, -0.2) is 4.98 Å². The van der Waals surface area contributed by atoms with E-state index in [1.807, 2.05) is 22.7 Å². The highest BCUT2D eigenvalue weighted by molar-refractivity contribution is 14.1. The largest absolute Gasteiger partial charge is 0.325 e. The molecule has 0 aliphatic rings. The van der Waals surface area contributed by atoms with Gasteiger partial charge in [0.15, 0.2) is 0 Å². The van der Waals surface area contributed by atoms with Crippen molar-refractivity contribution in [3.63, 3.8) is 0 Å². The molecule has 0 atom stereocenters. The summed E-state index contributed by atoms with van der Waals surface area (Å²) in [7, 11) is 0. The average molecular weight is 301 g/mol. The van der Waals surface area contributed by atoms with Crippen molar-refractivity contribution >= 4 is 39.8 Å². The van der Waals surface area contributed by atoms with E-state index < -0.39 is 0 Å². The number of hydrogen-bond donors (Lipinski definition) is 1. The molecular formula is C9H8IN3O. The number of imidazole rings is 1. The van der Waals surface area contributed by atoms with Crippen molar-refractivity contribution in [2.24, 2.45) is 0 Å². The number of amides is 1. The highest BCUT2D eigenvalue weighted by Gasteiger charge is 2.01. The summed E-state index contributed by atoms with van der Waals surface area (Å²) in [5, 5.41) is 2.72. The Labute approximate surface area is 94.5 Å². The first-order valence-electron chi connectivity index (χ1n) is 4.07. The Bertz CT molecular complexity index is 492. The third-order valence-electron chi connectivity index (χ3n) is 1.78. The standard InChI is InChI=1S/C9H8IN3O/c1-6(14)12-7-2-3-9-11-4-8(10)13(9)5-7/h2-5H,1H3,(H,12,14). The van der Waals surface area contributed by atoms with Crippen LogP contribution in [0.4, 0.5) is 5.69 Å². The molecule has 0 spiro atoms. The Morgan fingerprint density at radius 3 is 3.07 bits per heavy atom. The number of hydrogen-bond acceptors (Lipinski definition) is 2. The van der Waals surface area contributed by atoms with Crippen LogP contribution in [-0.2, 0) is 4.79 Å². The first-order chi connectivity index (χ1) is 6.66. The fourth-order valence-electron chi connectivity index (χ4n) is 1.23. The SMILES string of the molecule is CC(=O)Nc1ccc2ncc(I)n2c1. The summed E-state index contributed by atoms with van der Waals surface area (Å²) in [5.41, 5.74) is 1.66. The Hall–Kier alpha value is -1.11. The van der Waals surface area contributed by atoms with Crippen LogP contribution in [0.2, 0.25) is 0 Å². The molecule has 2 aromatic rings. The minimum absolute atomic E-state index is 0.0699. The fraction of sp³-hybridized carbons (Fsp3) is 0.111. The number of rotatable bonds is 1. The lowest BCUT2D eigenvalue weighted by Crippen LogP contribution is -2.06. The van der Waals surface area contributed by atoms with Gasteiger partial charge in [-0.1, -0.05) is 0 Å². The maximum absolute atomic E-state index is 10.8. The summed E-state index contributed by atoms with van der Waals surface area (Å²) in [6.45, 7) is 1.49. The molecule has 72 valence electrons. The highest BCUT2D eigenvalue weighted by atomic mass is 127. The van der Waals surface area contributed by atoms with E-state index in [4.69, 9.17) is 0 Å². The third-order valence-corrected chi connectivity index (χ3v) is 2.58. The molecule has 2 aromatic heterocycles. The number of carbonyl (C=O) groups is 1. The number of halogens is 1. The molecule has 1 amide bonds. The molecule has 0 radical (unpaired) electrons. The van der Waals surface area contributed by atoms with Crippen molar-refractivity contribution in [2.45, 2.75) is 6.92 Å². The predicted octanol–water partition coefficient (Wildman–Crippen LogP) is 1.90. The Kier molecular flexibility index (Phi) is 2.40. The van der Waals surface area contributed by atoms with Gasteiger partial charge < -0.3 is 5.32 Å². The molecule has 2 heterocycles. The molecule has 0 unspecified atom stereocenters. The van der Waals surface area contributed by atoms with Crippen LogP contribution >= 0.6 is 22.6 Å². The van der Waals surface area contributed by atoms with Gasteiger partial charge in [-0.05, 0) is 34.7 Å². The summed E-state index contributed by atoms with van der Waals surface area (Å²) in [6, 6.07) is 3.70. The number of nitrogens with one attached hydrogen (secondary N) is 1. The number of carbonyl (C=O) groups excluding carboxylic acids is 1. The molecule has 0 bridgehead atoms. The molecule has 0 aromatic carbocycles. The lowest BCUT2D eigenvalue weighted by molar-refractivity contribution is -0.114. The van der Waals surface area contributed by atoms with Gasteiger partial charge in [0.25, 0.3) is 0 Å². The quantitative estimate of drug-likeness (QED) is 0.818. The van der Waals surface area contributed by atoms with Gasteiger partial charge in [0.2, 0.25) is 5.91 Å². The van der Waals surface area contributed by atoms with E-state index in [0.29, 0.717) is 0 Å². The van der Waals surface area contributed by atoms with Crippen molar-refractivity contribution in [2.75, 3.05) is 5.32 Å². The zero-order valence-electron chi connectivity index (χ0n) is 7.49. The Morgan fingerprint density at radius 1 is 1.57 bits per heavy atom. The maximum Gasteiger partial charge on any atom is 0.221 e. The summed E-state index contributed by atoms with van der Waals surface area (Å²) in [4.78, 5) is 15.0. The number of aromatic nitrogens is 2. The van der Waals surface area contributed by atoms with Crippen LogP contribution in [0.5, 0.6) is 0 Å². The van der Waals surface area contributed by atoms with Crippen LogP contribution in [0.15, 0.2) is 24.5 Å². The number of nitrogens with zero attached hydrogens (tertiary/aromatic N) is 2. The predicted molar refractivity (Wildman–Crippen MR) is 62.2 cm³/mol. The van der Waals surface area contributed by atoms with Crippen LogP contribution in [0.25, 0.3) is 5.65 Å². The van der Waals surface area contributed by atoms with Crippen LogP contribution in [0.3, 0.4) is 0 Å². The molecular weight excluding hydrogens is 293 g/mol. The fourth-order valence-corrected chi connectivity index (χ4v) is 1.75. The van der Waals surface area contributed by atoms with Gasteiger partial charge in [-0.3, -0.25) is 9.20 Å². The number of anilines is 1. The second-order valence-corrected chi connectivity index (χ2v) is 4.01. The van der Waals surface area contributed by atoms with E-state index in [1.165, 1.54) is 6.92 Å². The highest BCUT2D eigenvalue weighted by Crippen LogP contribution is 2.13. The Morgan fingerprint density at radius 2 is 2.36 bits per heavy atom. The second-order valence-electron chi connectivity index (χ2n) is 2.91. The molecule has 0 aliphatic heterocycles. The van der Waals surface area contributed by atoms with Crippen LogP contribution in [0, 0.1) is 3.70 Å². The van der Waals surface area contributed by atoms with Crippen molar-refractivity contribution < 1.29 is 4.79 Å². The molecule has 5 heteroatoms. The normalized spacial score (nSPS) is 10.4. The van der Waals surface area contributed by atoms with Gasteiger partial charge in [-0.2, -0.15) is 0 Å². The van der Waals surface area contributed by atoms with E-state index in [9.17, 15) is 4.79 Å². The topological polar surface area (TPSA) is 46.4 Å². The van der Waals surface area contributed by atoms with Crippen molar-refractivity contribution in [3.8, 4) is 0 Å². The van der Waals surface area contributed by atoms with Crippen LogP contribution < -0.4 is 5.32 Å². The van der Waals surface area contributed by atoms with Crippen molar-refractivity contribution in [1.29, 1.82) is 0 Å². The van der Waals surface area contributed by atoms with E-state index >= 15 is 0 Å². The zero-order valence-corrected chi connectivity index (χ0v) is 9.65. The van der Waals surface area contributed by atoms with Gasteiger partial charge in [0.05, 0.1) is 11.9 Å². The molecule has 2 rings (SSSR count). The minimum Gasteiger partial charge on any atom is -0.325 e. The molecule has 14 heavy (non-hydrogen) atoms. The van der Waals surface area contributed by atoms with Crippen molar-refractivity contribution in [3.05, 3.63) is 28.2 Å². The lowest BCUT2D eigenvalue weighted by atomic mass is 10.4. The summed E-state index contributed by atoms with van der Waals surface area (Å²) < 4.78 is 2.94. The average Bonchev–Trinajstić information content (AvgIpc) is 2.47. The second kappa shape index (κ2) is 3.56. The van der Waals surface area contributed by atoms with Gasteiger partial charge in [-0.15, -0.1) is 0 Å². The van der Waals surface area contributed by atoms with Gasteiger partial charge in [0, 0.05) is 13.1 Å². The van der Waals surface area contributed by atoms with E-state index in [0.717, 1.165) is 15.0 Å². The zero-order chi connectivity index (χ0) is 10.1. The van der Waals surface area contributed by atoms with E-state index in [2.05, 4.69) is 32.9 Å². The van der Waals surface area contributed by atoms with Crippen LogP contribution in [-0.4, -0.2) is 15.3 Å². The molecule has 0 saturated carbocycles. The smallest absolute Gasteiger partial charge is 0.221 e. The van der Waals surface area contributed by atoms with Crippen molar-refractivity contribution in [1.82, 2.24) is 9.38 Å². The molecule has 0 saturated heterocycles. The number of pyridine rings is 1. The first kappa shape index (κ1) is 9.45. The monoisotopic (exact) mass is 301 g/mol. The molecule has 0 fully saturated rings. The molecule has 1 N–H and O–H groups in total.